The summed E-state index contributed by atoms with van der Waals surface area (Å²) in [4.78, 5) is 0. The predicted octanol–water partition coefficient (Wildman–Crippen LogP) is 2.72. The molecule has 54 valence electrons. The van der Waals surface area contributed by atoms with Gasteiger partial charge in [0, 0.05) is 0 Å². The molecule has 0 fully saturated rings. The van der Waals surface area contributed by atoms with E-state index in [1.54, 1.807) is 0 Å². The molecule has 0 atom stereocenters. The van der Waals surface area contributed by atoms with Crippen molar-refractivity contribution in [3.63, 3.8) is 0 Å². The van der Waals surface area contributed by atoms with E-state index in [-0.39, 0.29) is 0 Å². The average molecular weight is 165 g/mol. The Morgan fingerprint density at radius 1 is 1.11 bits per heavy atom. The third kappa shape index (κ3) is 2.69. The van der Waals surface area contributed by atoms with Gasteiger partial charge < -0.3 is 12.9 Å². The lowest BCUT2D eigenvalue weighted by molar-refractivity contribution is 0.442. The first-order valence-electron chi connectivity index (χ1n) is 1.76. The van der Waals surface area contributed by atoms with Gasteiger partial charge in [0.05, 0.1) is 5.73 Å². The normalized spacial score (nSPS) is 15.3. The second kappa shape index (κ2) is 2.55. The Morgan fingerprint density at radius 3 is 1.44 bits per heavy atom. The summed E-state index contributed by atoms with van der Waals surface area (Å²) in [5.41, 5.74) is -2.84. The fourth-order valence-electron chi connectivity index (χ4n) is 0.124. The summed E-state index contributed by atoms with van der Waals surface area (Å²) in [6, 6.07) is 0. The molecule has 7 heteroatoms. The van der Waals surface area contributed by atoms with E-state index < -0.39 is 18.0 Å². The first kappa shape index (κ1) is 8.74. The summed E-state index contributed by atoms with van der Waals surface area (Å²) in [7, 11) is 0. The molecule has 0 saturated carbocycles. The summed E-state index contributed by atoms with van der Waals surface area (Å²) in [6.45, 7) is -5.90. The second-order valence-electron chi connectivity index (χ2n) is 1.18. The molecule has 0 aromatic carbocycles. The lowest BCUT2D eigenvalue weighted by Crippen LogP contribution is -2.16. The zero-order valence-corrected chi connectivity index (χ0v) is 4.60. The van der Waals surface area contributed by atoms with Gasteiger partial charge in [-0.15, -0.1) is 0 Å². The van der Waals surface area contributed by atoms with Crippen LogP contribution in [0.15, 0.2) is 11.0 Å². The van der Waals surface area contributed by atoms with Crippen molar-refractivity contribution in [2.24, 2.45) is 0 Å². The van der Waals surface area contributed by atoms with Crippen molar-refractivity contribution in [2.75, 3.05) is 0 Å². The van der Waals surface area contributed by atoms with Crippen LogP contribution in [0.25, 0.3) is 0 Å². The topological polar surface area (TPSA) is 0 Å². The van der Waals surface area contributed by atoms with Gasteiger partial charge in [-0.1, -0.05) is 11.6 Å². The highest BCUT2D eigenvalue weighted by Gasteiger charge is 2.32. The second-order valence-corrected chi connectivity index (χ2v) is 1.51. The maximum absolute atomic E-state index is 11.3. The highest BCUT2D eigenvalue weighted by molar-refractivity contribution is 6.67. The molecule has 0 bridgehead atoms. The van der Waals surface area contributed by atoms with Gasteiger partial charge in [-0.25, -0.2) is 4.39 Å². The molecule has 0 radical (unpaired) electrons. The fourth-order valence-corrected chi connectivity index (χ4v) is 0.247. The average Bonchev–Trinajstić information content (AvgIpc) is 1.62. The van der Waals surface area contributed by atoms with Crippen LogP contribution in [0.1, 0.15) is 0 Å². The van der Waals surface area contributed by atoms with Crippen LogP contribution in [0.4, 0.5) is 21.7 Å². The summed E-state index contributed by atoms with van der Waals surface area (Å²) >= 11 is 4.05. The molecule has 0 nitrogen and oxygen atoms in total. The molecule has 0 saturated heterocycles. The quantitative estimate of drug-likeness (QED) is 0.414. The predicted molar refractivity (Wildman–Crippen MR) is 24.2 cm³/mol. The van der Waals surface area contributed by atoms with Crippen LogP contribution in [0, 0.1) is 0 Å². The minimum Gasteiger partial charge on any atom is -0.443 e. The Bertz CT molecular complexity index is 132. The molecule has 9 heavy (non-hydrogen) atoms. The van der Waals surface area contributed by atoms with E-state index in [1.807, 2.05) is 0 Å². The lowest BCUT2D eigenvalue weighted by Gasteiger charge is -2.09. The SMILES string of the molecule is F/C(Cl)=C(\F)[B-](F)(F)F. The number of halogens is 6. The van der Waals surface area contributed by atoms with Gasteiger partial charge in [-0.05, 0) is 0 Å². The zero-order chi connectivity index (χ0) is 7.65. The van der Waals surface area contributed by atoms with Crippen LogP contribution in [0.3, 0.4) is 0 Å². The summed E-state index contributed by atoms with van der Waals surface area (Å²) in [5.74, 6) is 0. The smallest absolute Gasteiger partial charge is 0.443 e. The van der Waals surface area contributed by atoms with Crippen molar-refractivity contribution >= 4 is 18.6 Å². The Balaban J connectivity index is 4.40. The van der Waals surface area contributed by atoms with Crippen molar-refractivity contribution in [3.05, 3.63) is 11.0 Å². The van der Waals surface area contributed by atoms with Crippen molar-refractivity contribution < 1.29 is 21.7 Å². The Hall–Kier alpha value is -0.255. The Morgan fingerprint density at radius 2 is 1.44 bits per heavy atom. The molecule has 0 spiro atoms. The maximum atomic E-state index is 11.3. The maximum Gasteiger partial charge on any atom is 0.541 e. The van der Waals surface area contributed by atoms with E-state index in [1.165, 1.54) is 0 Å². The molecular formula is C2BClF5-. The summed E-state index contributed by atoms with van der Waals surface area (Å²) in [5, 5.41) is -2.34. The van der Waals surface area contributed by atoms with Crippen molar-refractivity contribution in [3.8, 4) is 0 Å². The van der Waals surface area contributed by atoms with Gasteiger partial charge in [0.25, 0.3) is 0 Å². The van der Waals surface area contributed by atoms with Crippen LogP contribution in [0.2, 0.25) is 0 Å². The van der Waals surface area contributed by atoms with E-state index in [0.29, 0.717) is 0 Å². The monoisotopic (exact) mass is 165 g/mol. The molecule has 0 heterocycles. The van der Waals surface area contributed by atoms with E-state index >= 15 is 0 Å². The summed E-state index contributed by atoms with van der Waals surface area (Å²) in [6.07, 6.45) is 0. The molecule has 0 amide bonds. The van der Waals surface area contributed by atoms with Crippen LogP contribution in [-0.4, -0.2) is 6.98 Å². The largest absolute Gasteiger partial charge is 0.541 e. The highest BCUT2D eigenvalue weighted by Crippen LogP contribution is 2.26. The minimum absolute atomic E-state index is 2.34. The van der Waals surface area contributed by atoms with E-state index in [4.69, 9.17) is 0 Å². The molecule has 0 aromatic heterocycles. The fraction of sp³-hybridized carbons (Fsp3) is 0. The van der Waals surface area contributed by atoms with E-state index in [2.05, 4.69) is 11.6 Å². The van der Waals surface area contributed by atoms with Gasteiger partial charge in [0.2, 0.25) is 0 Å². The third-order valence-electron chi connectivity index (χ3n) is 0.468. The number of hydrogen-bond donors (Lipinski definition) is 0. The van der Waals surface area contributed by atoms with Gasteiger partial charge in [0.15, 0.2) is 5.29 Å². The summed E-state index contributed by atoms with van der Waals surface area (Å²) < 4.78 is 55.5. The van der Waals surface area contributed by atoms with Crippen LogP contribution in [0.5, 0.6) is 0 Å². The number of hydrogen-bond acceptors (Lipinski definition) is 0. The van der Waals surface area contributed by atoms with E-state index in [0.717, 1.165) is 0 Å². The van der Waals surface area contributed by atoms with Crippen molar-refractivity contribution in [1.29, 1.82) is 0 Å². The van der Waals surface area contributed by atoms with Crippen LogP contribution >= 0.6 is 11.6 Å². The van der Waals surface area contributed by atoms with Gasteiger partial charge in [-0.2, -0.15) is 4.39 Å². The molecule has 0 aromatic rings. The third-order valence-corrected chi connectivity index (χ3v) is 0.648. The first-order chi connectivity index (χ1) is 3.85. The van der Waals surface area contributed by atoms with Gasteiger partial charge in [0.1, 0.15) is 0 Å². The van der Waals surface area contributed by atoms with Gasteiger partial charge in [-0.3, -0.25) is 0 Å². The molecule has 0 rings (SSSR count). The molecule has 0 aliphatic rings. The van der Waals surface area contributed by atoms with Crippen molar-refractivity contribution in [1.82, 2.24) is 0 Å². The molecular weight excluding hydrogens is 165 g/mol. The Kier molecular flexibility index (Phi) is 2.48. The van der Waals surface area contributed by atoms with Crippen molar-refractivity contribution in [2.45, 2.75) is 0 Å². The number of rotatable bonds is 1. The van der Waals surface area contributed by atoms with Gasteiger partial charge >= 0.3 is 6.98 Å². The minimum atomic E-state index is -5.90. The standard InChI is InChI=1S/C2BClF5/c4-2(6)1(5)3(7,8)9/q-1/b2-1-. The highest BCUT2D eigenvalue weighted by atomic mass is 35.5. The van der Waals surface area contributed by atoms with E-state index in [9.17, 15) is 21.7 Å². The molecule has 0 aliphatic carbocycles. The first-order valence-corrected chi connectivity index (χ1v) is 2.14. The lowest BCUT2D eigenvalue weighted by atomic mass is 9.91. The van der Waals surface area contributed by atoms with Crippen LogP contribution < -0.4 is 0 Å². The Labute approximate surface area is 52.4 Å². The molecule has 0 aliphatic heterocycles. The molecule has 0 unspecified atom stereocenters. The zero-order valence-electron chi connectivity index (χ0n) is 3.85. The van der Waals surface area contributed by atoms with Crippen LogP contribution in [-0.2, 0) is 0 Å². The molecule has 0 N–H and O–H groups in total.